The zero-order valence-corrected chi connectivity index (χ0v) is 16.6. The highest BCUT2D eigenvalue weighted by Crippen LogP contribution is 2.25. The van der Waals surface area contributed by atoms with Crippen molar-refractivity contribution in [1.82, 2.24) is 0 Å². The second kappa shape index (κ2) is 17.3. The molecule has 0 amide bonds. The number of rotatable bonds is 19. The van der Waals surface area contributed by atoms with Gasteiger partial charge in [0.15, 0.2) is 0 Å². The van der Waals surface area contributed by atoms with E-state index in [9.17, 15) is 20.4 Å². The lowest BCUT2D eigenvalue weighted by Crippen LogP contribution is -2.45. The first-order valence-electron chi connectivity index (χ1n) is 10.7. The summed E-state index contributed by atoms with van der Waals surface area (Å²) in [4.78, 5) is 0. The summed E-state index contributed by atoms with van der Waals surface area (Å²) >= 11 is 0. The van der Waals surface area contributed by atoms with Gasteiger partial charge in [0.2, 0.25) is 0 Å². The Morgan fingerprint density at radius 1 is 0.560 bits per heavy atom. The molecule has 1 atom stereocenters. The van der Waals surface area contributed by atoms with Crippen LogP contribution in [0.3, 0.4) is 0 Å². The number of aliphatic hydroxyl groups is 4. The summed E-state index contributed by atoms with van der Waals surface area (Å²) in [5, 5.41) is 37.9. The number of unbranched alkanes of at least 4 members (excludes halogenated alkanes) is 13. The maximum atomic E-state index is 10.1. The quantitative estimate of drug-likeness (QED) is 0.260. The molecule has 0 saturated heterocycles. The van der Waals surface area contributed by atoms with Gasteiger partial charge >= 0.3 is 0 Å². The third-order valence-corrected chi connectivity index (χ3v) is 5.48. The molecule has 1 unspecified atom stereocenters. The molecule has 0 saturated carbocycles. The van der Waals surface area contributed by atoms with Crippen LogP contribution in [0, 0.1) is 5.41 Å². The van der Waals surface area contributed by atoms with Gasteiger partial charge in [0, 0.05) is 0 Å². The number of hydrogen-bond acceptors (Lipinski definition) is 4. The molecule has 0 bridgehead atoms. The minimum atomic E-state index is -1.16. The van der Waals surface area contributed by atoms with Gasteiger partial charge in [0.25, 0.3) is 0 Å². The molecule has 0 aromatic carbocycles. The van der Waals surface area contributed by atoms with Crippen molar-refractivity contribution < 1.29 is 20.4 Å². The van der Waals surface area contributed by atoms with Crippen LogP contribution in [0.1, 0.15) is 103 Å². The molecule has 0 rings (SSSR count). The zero-order chi connectivity index (χ0) is 18.8. The average Bonchev–Trinajstić information content (AvgIpc) is 2.64. The molecule has 25 heavy (non-hydrogen) atoms. The van der Waals surface area contributed by atoms with Crippen LogP contribution in [-0.4, -0.2) is 46.4 Å². The van der Waals surface area contributed by atoms with Gasteiger partial charge in [0.05, 0.1) is 31.3 Å². The first-order chi connectivity index (χ1) is 12.2. The molecule has 0 aromatic rings. The molecular formula is C21H44O4. The van der Waals surface area contributed by atoms with Crippen molar-refractivity contribution in [2.45, 2.75) is 109 Å². The molecule has 0 heterocycles. The molecule has 0 aliphatic rings. The Morgan fingerprint density at radius 3 is 1.20 bits per heavy atom. The van der Waals surface area contributed by atoms with Gasteiger partial charge in [-0.2, -0.15) is 0 Å². The summed E-state index contributed by atoms with van der Waals surface area (Å²) in [5.74, 6) is 0. The fourth-order valence-corrected chi connectivity index (χ4v) is 3.30. The Balaban J connectivity index is 3.39. The van der Waals surface area contributed by atoms with Crippen molar-refractivity contribution in [2.75, 3.05) is 19.8 Å². The van der Waals surface area contributed by atoms with E-state index < -0.39 is 11.5 Å². The minimum Gasteiger partial charge on any atom is -0.396 e. The van der Waals surface area contributed by atoms with E-state index in [1.165, 1.54) is 77.0 Å². The van der Waals surface area contributed by atoms with Crippen LogP contribution in [-0.2, 0) is 0 Å². The molecule has 0 aliphatic heterocycles. The number of aliphatic hydroxyl groups excluding tert-OH is 4. The van der Waals surface area contributed by atoms with Crippen LogP contribution >= 0.6 is 0 Å². The van der Waals surface area contributed by atoms with Gasteiger partial charge in [0.1, 0.15) is 0 Å². The smallest absolute Gasteiger partial charge is 0.0662 e. The van der Waals surface area contributed by atoms with Gasteiger partial charge < -0.3 is 20.4 Å². The summed E-state index contributed by atoms with van der Waals surface area (Å²) in [6.45, 7) is 1.09. The van der Waals surface area contributed by atoms with Gasteiger partial charge in [-0.3, -0.25) is 0 Å². The van der Waals surface area contributed by atoms with E-state index in [2.05, 4.69) is 6.92 Å². The maximum Gasteiger partial charge on any atom is 0.0662 e. The Bertz CT molecular complexity index is 258. The van der Waals surface area contributed by atoms with Crippen LogP contribution in [0.2, 0.25) is 0 Å². The fraction of sp³-hybridized carbons (Fsp3) is 1.00. The van der Waals surface area contributed by atoms with E-state index in [0.29, 0.717) is 6.42 Å². The first kappa shape index (κ1) is 24.8. The average molecular weight is 361 g/mol. The summed E-state index contributed by atoms with van der Waals surface area (Å²) < 4.78 is 0. The standard InChI is InChI=1S/C21H44O4/c1-2-3-4-5-6-7-8-9-10-11-12-13-14-15-16-20(25)21(17-22,18-23)19-24/h20,22-25H,2-19H2,1H3. The van der Waals surface area contributed by atoms with Crippen molar-refractivity contribution >= 4 is 0 Å². The lowest BCUT2D eigenvalue weighted by molar-refractivity contribution is -0.0863. The highest BCUT2D eigenvalue weighted by atomic mass is 16.3. The van der Waals surface area contributed by atoms with Gasteiger partial charge in [-0.25, -0.2) is 0 Å². The third kappa shape index (κ3) is 12.0. The molecule has 4 heteroatoms. The second-order valence-corrected chi connectivity index (χ2v) is 7.74. The van der Waals surface area contributed by atoms with E-state index in [-0.39, 0.29) is 19.8 Å². The van der Waals surface area contributed by atoms with Crippen LogP contribution in [0.4, 0.5) is 0 Å². The SMILES string of the molecule is CCCCCCCCCCCCCCCCC(O)C(CO)(CO)CO. The fourth-order valence-electron chi connectivity index (χ4n) is 3.30. The summed E-state index contributed by atoms with van der Waals surface area (Å²) in [5.41, 5.74) is -1.16. The van der Waals surface area contributed by atoms with Crippen LogP contribution in [0.25, 0.3) is 0 Å². The molecule has 0 aliphatic carbocycles. The zero-order valence-electron chi connectivity index (χ0n) is 16.6. The van der Waals surface area contributed by atoms with Crippen molar-refractivity contribution in [1.29, 1.82) is 0 Å². The summed E-state index contributed by atoms with van der Waals surface area (Å²) in [6.07, 6.45) is 17.7. The van der Waals surface area contributed by atoms with E-state index in [4.69, 9.17) is 0 Å². The van der Waals surface area contributed by atoms with Gasteiger partial charge in [-0.05, 0) is 6.42 Å². The van der Waals surface area contributed by atoms with Crippen LogP contribution < -0.4 is 0 Å². The molecular weight excluding hydrogens is 316 g/mol. The molecule has 0 spiro atoms. The summed E-state index contributed by atoms with van der Waals surface area (Å²) in [7, 11) is 0. The molecule has 0 fully saturated rings. The van der Waals surface area contributed by atoms with E-state index >= 15 is 0 Å². The Kier molecular flexibility index (Phi) is 17.2. The van der Waals surface area contributed by atoms with Gasteiger partial charge in [-0.1, -0.05) is 96.8 Å². The van der Waals surface area contributed by atoms with E-state index in [0.717, 1.165) is 12.8 Å². The lowest BCUT2D eigenvalue weighted by Gasteiger charge is -2.32. The van der Waals surface area contributed by atoms with Crippen molar-refractivity contribution in [2.24, 2.45) is 5.41 Å². The highest BCUT2D eigenvalue weighted by Gasteiger charge is 2.35. The molecule has 4 nitrogen and oxygen atoms in total. The maximum absolute atomic E-state index is 10.1. The van der Waals surface area contributed by atoms with Crippen molar-refractivity contribution in [3.05, 3.63) is 0 Å². The predicted octanol–water partition coefficient (Wildman–Crippen LogP) is 4.18. The molecule has 0 radical (unpaired) electrons. The predicted molar refractivity (Wildman–Crippen MR) is 105 cm³/mol. The molecule has 0 aromatic heterocycles. The number of hydrogen-bond donors (Lipinski definition) is 4. The van der Waals surface area contributed by atoms with E-state index in [1.54, 1.807) is 0 Å². The van der Waals surface area contributed by atoms with Crippen molar-refractivity contribution in [3.63, 3.8) is 0 Å². The topological polar surface area (TPSA) is 80.9 Å². The Morgan fingerprint density at radius 2 is 0.880 bits per heavy atom. The molecule has 152 valence electrons. The Hall–Kier alpha value is -0.160. The highest BCUT2D eigenvalue weighted by molar-refractivity contribution is 4.84. The van der Waals surface area contributed by atoms with Gasteiger partial charge in [-0.15, -0.1) is 0 Å². The van der Waals surface area contributed by atoms with Crippen molar-refractivity contribution in [3.8, 4) is 0 Å². The third-order valence-electron chi connectivity index (χ3n) is 5.48. The Labute approximate surface area is 155 Å². The summed E-state index contributed by atoms with van der Waals surface area (Å²) in [6, 6.07) is 0. The normalized spacial score (nSPS) is 13.3. The second-order valence-electron chi connectivity index (χ2n) is 7.74. The first-order valence-corrected chi connectivity index (χ1v) is 10.7. The molecule has 4 N–H and O–H groups in total. The van der Waals surface area contributed by atoms with Crippen LogP contribution in [0.15, 0.2) is 0 Å². The lowest BCUT2D eigenvalue weighted by atomic mass is 9.82. The largest absolute Gasteiger partial charge is 0.396 e. The van der Waals surface area contributed by atoms with Crippen LogP contribution in [0.5, 0.6) is 0 Å². The minimum absolute atomic E-state index is 0.389. The monoisotopic (exact) mass is 360 g/mol. The van der Waals surface area contributed by atoms with E-state index in [1.807, 2.05) is 0 Å².